The molecule has 0 amide bonds. The number of nitriles is 1. The third-order valence-electron chi connectivity index (χ3n) is 4.13. The average molecular weight is 480 g/mol. The number of aromatic nitrogens is 2. The van der Waals surface area contributed by atoms with E-state index in [0.717, 1.165) is 30.3 Å². The van der Waals surface area contributed by atoms with Gasteiger partial charge in [-0.25, -0.2) is 22.5 Å². The van der Waals surface area contributed by atoms with Gasteiger partial charge in [0.2, 0.25) is 16.0 Å². The Labute approximate surface area is 186 Å². The number of nitrogens with one attached hydrogen (secondary N) is 3. The van der Waals surface area contributed by atoms with Crippen molar-refractivity contribution in [2.75, 3.05) is 23.7 Å². The summed E-state index contributed by atoms with van der Waals surface area (Å²) in [4.78, 5) is 7.24. The minimum atomic E-state index is -4.75. The quantitative estimate of drug-likeness (QED) is 0.333. The van der Waals surface area contributed by atoms with E-state index in [-0.39, 0.29) is 29.8 Å². The molecular formula is C20H16F4N6O2S. The van der Waals surface area contributed by atoms with Crippen LogP contribution in [0.2, 0.25) is 0 Å². The van der Waals surface area contributed by atoms with Crippen molar-refractivity contribution in [2.45, 2.75) is 11.1 Å². The zero-order chi connectivity index (χ0) is 24.1. The van der Waals surface area contributed by atoms with E-state index in [1.165, 1.54) is 24.3 Å². The molecule has 8 nitrogen and oxygen atoms in total. The van der Waals surface area contributed by atoms with E-state index in [4.69, 9.17) is 5.26 Å². The summed E-state index contributed by atoms with van der Waals surface area (Å²) in [6, 6.07) is 12.8. The molecule has 1 heterocycles. The first-order chi connectivity index (χ1) is 15.6. The van der Waals surface area contributed by atoms with Gasteiger partial charge in [0, 0.05) is 24.8 Å². The number of hydrogen-bond donors (Lipinski definition) is 3. The summed E-state index contributed by atoms with van der Waals surface area (Å²) in [5.41, 5.74) is -0.425. The molecule has 0 fully saturated rings. The molecule has 3 N–H and O–H groups in total. The van der Waals surface area contributed by atoms with E-state index < -0.39 is 27.7 Å². The SMILES string of the molecule is N#Cc1ccc(Nc2cc(C(F)(F)F)nc(NCCNS(=O)(=O)c3ccc(F)cc3)n2)cc1. The van der Waals surface area contributed by atoms with Crippen molar-refractivity contribution in [3.8, 4) is 6.07 Å². The Balaban J connectivity index is 1.69. The fraction of sp³-hybridized carbons (Fsp3) is 0.150. The topological polar surface area (TPSA) is 120 Å². The summed E-state index contributed by atoms with van der Waals surface area (Å²) in [6.45, 7) is -0.324. The average Bonchev–Trinajstić information content (AvgIpc) is 2.77. The molecule has 0 unspecified atom stereocenters. The van der Waals surface area contributed by atoms with Crippen molar-refractivity contribution in [1.29, 1.82) is 5.26 Å². The maximum absolute atomic E-state index is 13.2. The van der Waals surface area contributed by atoms with Gasteiger partial charge in [-0.05, 0) is 48.5 Å². The summed E-state index contributed by atoms with van der Waals surface area (Å²) in [6.07, 6.45) is -4.75. The standard InChI is InChI=1S/C20H16F4N6O2S/c21-14-3-7-16(8-4-14)33(31,32)27-10-9-26-19-29-17(20(22,23)24)11-18(30-19)28-15-5-1-13(12-25)2-6-15/h1-8,11,27H,9-10H2,(H2,26,28,29,30). The van der Waals surface area contributed by atoms with Gasteiger partial charge in [-0.3, -0.25) is 0 Å². The van der Waals surface area contributed by atoms with Crippen LogP contribution in [0.3, 0.4) is 0 Å². The van der Waals surface area contributed by atoms with Crippen LogP contribution in [0.15, 0.2) is 59.5 Å². The first-order valence-electron chi connectivity index (χ1n) is 9.29. The van der Waals surface area contributed by atoms with Crippen LogP contribution in [0.5, 0.6) is 0 Å². The monoisotopic (exact) mass is 480 g/mol. The van der Waals surface area contributed by atoms with Gasteiger partial charge in [0.1, 0.15) is 11.6 Å². The van der Waals surface area contributed by atoms with Crippen LogP contribution in [0.25, 0.3) is 0 Å². The third-order valence-corrected chi connectivity index (χ3v) is 5.60. The third kappa shape index (κ3) is 6.61. The largest absolute Gasteiger partial charge is 0.433 e. The smallest absolute Gasteiger partial charge is 0.353 e. The summed E-state index contributed by atoms with van der Waals surface area (Å²) >= 11 is 0. The second kappa shape index (κ2) is 9.80. The number of nitrogens with zero attached hydrogens (tertiary/aromatic N) is 3. The lowest BCUT2D eigenvalue weighted by atomic mass is 10.2. The molecule has 0 bridgehead atoms. The number of benzene rings is 2. The molecule has 13 heteroatoms. The van der Waals surface area contributed by atoms with Crippen molar-refractivity contribution < 1.29 is 26.0 Å². The van der Waals surface area contributed by atoms with Crippen LogP contribution in [0.4, 0.5) is 35.0 Å². The second-order valence-corrected chi connectivity index (χ2v) is 8.32. The molecule has 0 radical (unpaired) electrons. The molecule has 172 valence electrons. The number of sulfonamides is 1. The number of halogens is 4. The number of hydrogen-bond acceptors (Lipinski definition) is 7. The van der Waals surface area contributed by atoms with E-state index >= 15 is 0 Å². The highest BCUT2D eigenvalue weighted by molar-refractivity contribution is 7.89. The lowest BCUT2D eigenvalue weighted by molar-refractivity contribution is -0.141. The maximum atomic E-state index is 13.2. The van der Waals surface area contributed by atoms with Crippen LogP contribution in [0.1, 0.15) is 11.3 Å². The number of rotatable bonds is 8. The van der Waals surface area contributed by atoms with E-state index in [0.29, 0.717) is 11.3 Å². The molecule has 3 rings (SSSR count). The highest BCUT2D eigenvalue weighted by Crippen LogP contribution is 2.30. The number of anilines is 3. The molecule has 2 aromatic carbocycles. The molecule has 0 saturated carbocycles. The summed E-state index contributed by atoms with van der Waals surface area (Å²) in [5.74, 6) is -1.12. The molecule has 3 aromatic rings. The van der Waals surface area contributed by atoms with Crippen molar-refractivity contribution in [1.82, 2.24) is 14.7 Å². The van der Waals surface area contributed by atoms with Crippen LogP contribution >= 0.6 is 0 Å². The molecule has 0 atom stereocenters. The minimum Gasteiger partial charge on any atom is -0.353 e. The van der Waals surface area contributed by atoms with Crippen LogP contribution in [-0.4, -0.2) is 31.5 Å². The molecule has 0 saturated heterocycles. The Morgan fingerprint density at radius 1 is 0.970 bits per heavy atom. The van der Waals surface area contributed by atoms with Gasteiger partial charge in [0.05, 0.1) is 16.5 Å². The van der Waals surface area contributed by atoms with Gasteiger partial charge in [-0.1, -0.05) is 0 Å². The van der Waals surface area contributed by atoms with Crippen molar-refractivity contribution in [3.63, 3.8) is 0 Å². The van der Waals surface area contributed by atoms with E-state index in [2.05, 4.69) is 25.3 Å². The predicted molar refractivity (Wildman–Crippen MR) is 112 cm³/mol. The first-order valence-corrected chi connectivity index (χ1v) is 10.8. The Morgan fingerprint density at radius 3 is 2.24 bits per heavy atom. The maximum Gasteiger partial charge on any atom is 0.433 e. The molecule has 0 aliphatic rings. The Kier molecular flexibility index (Phi) is 7.10. The molecule has 0 spiro atoms. The van der Waals surface area contributed by atoms with Gasteiger partial charge in [-0.2, -0.15) is 23.4 Å². The first kappa shape index (κ1) is 23.9. The highest BCUT2D eigenvalue weighted by Gasteiger charge is 2.33. The van der Waals surface area contributed by atoms with Gasteiger partial charge in [0.25, 0.3) is 0 Å². The Bertz CT molecular complexity index is 1260. The zero-order valence-corrected chi connectivity index (χ0v) is 17.5. The normalized spacial score (nSPS) is 11.6. The van der Waals surface area contributed by atoms with Crippen molar-refractivity contribution in [2.24, 2.45) is 0 Å². The zero-order valence-electron chi connectivity index (χ0n) is 16.7. The lowest BCUT2D eigenvalue weighted by Crippen LogP contribution is -2.29. The van der Waals surface area contributed by atoms with Crippen LogP contribution < -0.4 is 15.4 Å². The Hall–Kier alpha value is -3.76. The summed E-state index contributed by atoms with van der Waals surface area (Å²) in [7, 11) is -3.93. The second-order valence-electron chi connectivity index (χ2n) is 6.55. The Morgan fingerprint density at radius 2 is 1.64 bits per heavy atom. The number of alkyl halides is 3. The highest BCUT2D eigenvalue weighted by atomic mass is 32.2. The van der Waals surface area contributed by atoms with Crippen molar-refractivity contribution >= 4 is 27.5 Å². The van der Waals surface area contributed by atoms with E-state index in [1.54, 1.807) is 0 Å². The predicted octanol–water partition coefficient (Wildman–Crippen LogP) is 3.64. The summed E-state index contributed by atoms with van der Waals surface area (Å²) in [5, 5.41) is 14.1. The van der Waals surface area contributed by atoms with Gasteiger partial charge < -0.3 is 10.6 Å². The van der Waals surface area contributed by atoms with Crippen LogP contribution in [0, 0.1) is 17.1 Å². The van der Waals surface area contributed by atoms with E-state index in [9.17, 15) is 26.0 Å². The molecule has 1 aromatic heterocycles. The van der Waals surface area contributed by atoms with E-state index in [1.807, 2.05) is 6.07 Å². The van der Waals surface area contributed by atoms with Crippen molar-refractivity contribution in [3.05, 3.63) is 71.7 Å². The molecule has 0 aliphatic carbocycles. The molecular weight excluding hydrogens is 464 g/mol. The van der Waals surface area contributed by atoms with Gasteiger partial charge in [-0.15, -0.1) is 0 Å². The van der Waals surface area contributed by atoms with Crippen LogP contribution in [-0.2, 0) is 16.2 Å². The lowest BCUT2D eigenvalue weighted by Gasteiger charge is -2.13. The fourth-order valence-electron chi connectivity index (χ4n) is 2.57. The summed E-state index contributed by atoms with van der Waals surface area (Å²) < 4.78 is 79.3. The van der Waals surface area contributed by atoms with Gasteiger partial charge >= 0.3 is 6.18 Å². The minimum absolute atomic E-state index is 0.127. The molecule has 0 aliphatic heterocycles. The molecule has 33 heavy (non-hydrogen) atoms. The fourth-order valence-corrected chi connectivity index (χ4v) is 3.60. The van der Waals surface area contributed by atoms with Gasteiger partial charge in [0.15, 0.2) is 5.69 Å².